The zero-order chi connectivity index (χ0) is 55.9. The van der Waals surface area contributed by atoms with Gasteiger partial charge in [-0.15, -0.1) is 0 Å². The first kappa shape index (κ1) is 74.5. The molecule has 0 saturated carbocycles. The van der Waals surface area contributed by atoms with Gasteiger partial charge in [-0.3, -0.25) is 0 Å². The van der Waals surface area contributed by atoms with Crippen LogP contribution in [-0.2, 0) is 50.0 Å². The summed E-state index contributed by atoms with van der Waals surface area (Å²) in [7, 11) is -2.30. The van der Waals surface area contributed by atoms with Crippen LogP contribution in [0.3, 0.4) is 0 Å². The normalized spacial score (nSPS) is 23.1. The Bertz CT molecular complexity index is 1170. The van der Waals surface area contributed by atoms with Gasteiger partial charge in [0.15, 0.2) is 24.4 Å². The molecule has 4 heterocycles. The minimum atomic E-state index is -1.24. The summed E-state index contributed by atoms with van der Waals surface area (Å²) in [6, 6.07) is 0. The molecule has 0 radical (unpaired) electrons. The van der Waals surface area contributed by atoms with E-state index < -0.39 is 17.2 Å². The first-order valence-corrected chi connectivity index (χ1v) is 38.0. The molecule has 0 amide bonds. The van der Waals surface area contributed by atoms with Crippen molar-refractivity contribution in [3.63, 3.8) is 0 Å². The van der Waals surface area contributed by atoms with Crippen molar-refractivity contribution >= 4 is 35.3 Å². The summed E-state index contributed by atoms with van der Waals surface area (Å²) in [5, 5.41) is 0. The third-order valence-electron chi connectivity index (χ3n) is 16.5. The quantitative estimate of drug-likeness (QED) is 0.0430. The second-order valence-corrected chi connectivity index (χ2v) is 28.2. The van der Waals surface area contributed by atoms with Gasteiger partial charge < -0.3 is 50.0 Å². The molecular weight excluding hydrogens is 1070 g/mol. The summed E-state index contributed by atoms with van der Waals surface area (Å²) < 4.78 is 63.9. The Morgan fingerprint density at radius 3 is 0.823 bits per heavy atom. The molecule has 79 heavy (non-hydrogen) atoms. The molecule has 470 valence electrons. The summed E-state index contributed by atoms with van der Waals surface area (Å²) in [6.07, 6.45) is 66.0. The Kier molecular flexibility index (Phi) is 52.7. The molecule has 2 atom stereocenters. The van der Waals surface area contributed by atoms with Crippen molar-refractivity contribution in [2.24, 2.45) is 10.8 Å². The van der Waals surface area contributed by atoms with Gasteiger partial charge in [-0.25, -0.2) is 0 Å². The lowest BCUT2D eigenvalue weighted by molar-refractivity contribution is -0.211. The van der Waals surface area contributed by atoms with E-state index in [2.05, 4.69) is 20.8 Å². The van der Waals surface area contributed by atoms with Crippen LogP contribution in [0.1, 0.15) is 329 Å². The highest BCUT2D eigenvalue weighted by atomic mass is 31.2. The van der Waals surface area contributed by atoms with Gasteiger partial charge in [0.1, 0.15) is 0 Å². The third kappa shape index (κ3) is 41.9. The summed E-state index contributed by atoms with van der Waals surface area (Å²) >= 11 is 0. The monoisotopic (exact) mass is 1200 g/mol. The number of hydrogen-bond acceptors (Lipinski definition) is 11. The lowest BCUT2D eigenvalue weighted by atomic mass is 9.90. The number of unbranched alkanes of at least 4 members (excludes halogenated alkanes) is 45. The Hall–Kier alpha value is 1.28. The molecule has 4 aliphatic rings. The second-order valence-electron chi connectivity index (χ2n) is 24.3. The van der Waals surface area contributed by atoms with Gasteiger partial charge in [-0.05, 0) is 19.3 Å². The SMILES string of the molecule is CCCCCCCCCCCCCCCCCCOC1OPOCC12COPOC2.CCCCCCCCCCCCCCCCCCOP1OCC2(CO1)COP(OCCCCCCCCCCCCCCCCCC)OC2. The van der Waals surface area contributed by atoms with Gasteiger partial charge in [0.05, 0.1) is 70.3 Å². The summed E-state index contributed by atoms with van der Waals surface area (Å²) in [5.74, 6) is 0. The van der Waals surface area contributed by atoms with Gasteiger partial charge in [0.25, 0.3) is 0 Å². The van der Waals surface area contributed by atoms with Crippen molar-refractivity contribution in [1.29, 1.82) is 0 Å². The molecule has 4 fully saturated rings. The molecule has 15 heteroatoms. The van der Waals surface area contributed by atoms with Crippen molar-refractivity contribution in [3.8, 4) is 0 Å². The molecule has 4 aliphatic heterocycles. The smallest absolute Gasteiger partial charge is 0.332 e. The number of hydrogen-bond donors (Lipinski definition) is 0. The lowest BCUT2D eigenvalue weighted by Gasteiger charge is -2.43. The van der Waals surface area contributed by atoms with E-state index in [0.29, 0.717) is 46.2 Å². The minimum absolute atomic E-state index is 0.0570. The molecule has 0 aromatic carbocycles. The maximum atomic E-state index is 6.04. The molecule has 2 unspecified atom stereocenters. The van der Waals surface area contributed by atoms with Crippen LogP contribution < -0.4 is 0 Å². The number of rotatable bonds is 54. The highest BCUT2D eigenvalue weighted by Crippen LogP contribution is 2.53. The van der Waals surface area contributed by atoms with Crippen molar-refractivity contribution in [1.82, 2.24) is 0 Å². The van der Waals surface area contributed by atoms with E-state index >= 15 is 0 Å². The van der Waals surface area contributed by atoms with Crippen LogP contribution in [0.5, 0.6) is 0 Å². The van der Waals surface area contributed by atoms with E-state index in [9.17, 15) is 0 Å². The van der Waals surface area contributed by atoms with Gasteiger partial charge in [0.2, 0.25) is 0 Å². The van der Waals surface area contributed by atoms with E-state index in [1.165, 1.54) is 289 Å². The van der Waals surface area contributed by atoms with Crippen LogP contribution in [0.25, 0.3) is 0 Å². The van der Waals surface area contributed by atoms with Crippen LogP contribution in [0, 0.1) is 10.8 Å². The number of ether oxygens (including phenoxy) is 1. The van der Waals surface area contributed by atoms with Crippen LogP contribution in [-0.4, -0.2) is 72.4 Å². The Morgan fingerprint density at radius 1 is 0.304 bits per heavy atom. The Balaban J connectivity index is 0.000000466. The molecule has 0 bridgehead atoms. The Morgan fingerprint density at radius 2 is 0.544 bits per heavy atom. The van der Waals surface area contributed by atoms with E-state index in [-0.39, 0.29) is 35.2 Å². The molecule has 4 saturated heterocycles. The molecule has 11 nitrogen and oxygen atoms in total. The fraction of sp³-hybridized carbons (Fsp3) is 1.00. The Labute approximate surface area is 495 Å². The van der Waals surface area contributed by atoms with Crippen molar-refractivity contribution in [2.75, 3.05) is 66.1 Å². The summed E-state index contributed by atoms with van der Waals surface area (Å²) in [5.41, 5.74) is -0.515. The molecule has 0 N–H and O–H groups in total. The summed E-state index contributed by atoms with van der Waals surface area (Å²) in [6.45, 7) is 13.1. The highest BCUT2D eigenvalue weighted by molar-refractivity contribution is 7.42. The molecule has 0 aromatic rings. The van der Waals surface area contributed by atoms with Crippen LogP contribution >= 0.6 is 35.3 Å². The van der Waals surface area contributed by atoms with Crippen molar-refractivity contribution in [3.05, 3.63) is 0 Å². The van der Waals surface area contributed by atoms with E-state index in [1.54, 1.807) is 0 Å². The average molecular weight is 1200 g/mol. The van der Waals surface area contributed by atoms with Crippen LogP contribution in [0.2, 0.25) is 0 Å². The second kappa shape index (κ2) is 55.8. The van der Waals surface area contributed by atoms with Gasteiger partial charge in [-0.2, -0.15) is 0 Å². The highest BCUT2D eigenvalue weighted by Gasteiger charge is 2.47. The molecule has 2 spiro atoms. The topological polar surface area (TPSA) is 102 Å². The van der Waals surface area contributed by atoms with E-state index in [1.807, 2.05) is 0 Å². The zero-order valence-corrected chi connectivity index (χ0v) is 55.8. The van der Waals surface area contributed by atoms with Crippen LogP contribution in [0.4, 0.5) is 0 Å². The first-order valence-electron chi connectivity index (χ1n) is 34.2. The standard InChI is InChI=1S/C41H82O6P2.C23H46O5P2/c1-3-5-7-9-11-13-15-17-19-21-23-25-27-29-31-33-35-42-48-44-37-41(38-45-48)39-46-49(47-40-41)43-36-34-32-30-28-26-24-22-20-18-16-14-12-10-8-6-4-2;1-2-3-4-5-6-7-8-9-10-11-12-13-14-15-16-17-18-24-22-23(21-27-30-28-22)19-25-29-26-20-23/h3-40H2,1-2H3;22,29-30H,2-21H2,1H3. The third-order valence-corrected chi connectivity index (χ3v) is 19.7. The van der Waals surface area contributed by atoms with Gasteiger partial charge >= 0.3 is 17.2 Å². The predicted molar refractivity (Wildman–Crippen MR) is 338 cm³/mol. The van der Waals surface area contributed by atoms with Gasteiger partial charge in [-0.1, -0.05) is 310 Å². The molecular formula is C64H128O11P4. The molecule has 0 aliphatic carbocycles. The largest absolute Gasteiger partial charge is 0.351 e. The van der Waals surface area contributed by atoms with Crippen molar-refractivity contribution in [2.45, 2.75) is 335 Å². The maximum Gasteiger partial charge on any atom is 0.332 e. The van der Waals surface area contributed by atoms with Crippen LogP contribution in [0.15, 0.2) is 0 Å². The summed E-state index contributed by atoms with van der Waals surface area (Å²) in [4.78, 5) is 0. The molecule has 0 aromatic heterocycles. The zero-order valence-electron chi connectivity index (χ0n) is 52.0. The first-order chi connectivity index (χ1) is 39.2. The van der Waals surface area contributed by atoms with E-state index in [4.69, 9.17) is 50.0 Å². The fourth-order valence-corrected chi connectivity index (χ4v) is 15.1. The average Bonchev–Trinajstić information content (AvgIpc) is 3.49. The van der Waals surface area contributed by atoms with Crippen molar-refractivity contribution < 1.29 is 50.0 Å². The minimum Gasteiger partial charge on any atom is -0.351 e. The van der Waals surface area contributed by atoms with Gasteiger partial charge in [0, 0.05) is 6.61 Å². The lowest BCUT2D eigenvalue weighted by Crippen LogP contribution is -2.51. The van der Waals surface area contributed by atoms with E-state index in [0.717, 1.165) is 39.1 Å². The maximum absolute atomic E-state index is 6.04. The fourth-order valence-electron chi connectivity index (χ4n) is 11.0. The predicted octanol–water partition coefficient (Wildman–Crippen LogP) is 22.8. The molecule has 4 rings (SSSR count).